The van der Waals surface area contributed by atoms with Gasteiger partial charge in [-0.1, -0.05) is 27.2 Å². The van der Waals surface area contributed by atoms with Gasteiger partial charge in [0.2, 0.25) is 0 Å². The molecule has 0 aliphatic carbocycles. The minimum Gasteiger partial charge on any atom is -0.308 e. The van der Waals surface area contributed by atoms with Gasteiger partial charge in [-0.3, -0.25) is 4.90 Å². The van der Waals surface area contributed by atoms with Gasteiger partial charge in [-0.25, -0.2) is 0 Å². The van der Waals surface area contributed by atoms with Crippen molar-refractivity contribution in [1.82, 2.24) is 10.2 Å². The van der Waals surface area contributed by atoms with Crippen LogP contribution in [0.1, 0.15) is 53.4 Å². The molecule has 0 aromatic heterocycles. The van der Waals surface area contributed by atoms with Crippen molar-refractivity contribution in [3.05, 3.63) is 0 Å². The van der Waals surface area contributed by atoms with E-state index in [0.29, 0.717) is 11.6 Å². The maximum Gasteiger partial charge on any atom is 0.0304 e. The minimum atomic E-state index is 0.389. The molecule has 2 nitrogen and oxygen atoms in total. The van der Waals surface area contributed by atoms with Crippen LogP contribution in [0.25, 0.3) is 0 Å². The first-order valence-electron chi connectivity index (χ1n) is 6.66. The molecule has 0 aromatic carbocycles. The molecule has 1 heterocycles. The van der Waals surface area contributed by atoms with Crippen LogP contribution in [0.3, 0.4) is 0 Å². The third kappa shape index (κ3) is 3.18. The molecule has 1 unspecified atom stereocenters. The number of rotatable bonds is 5. The SMILES string of the molecule is CCCCN1CC(CC)(CC)NCC1C. The first kappa shape index (κ1) is 13.0. The van der Waals surface area contributed by atoms with Crippen LogP contribution in [0.5, 0.6) is 0 Å². The molecule has 0 aromatic rings. The third-order valence-corrected chi connectivity index (χ3v) is 4.05. The molecule has 1 N–H and O–H groups in total. The second-order valence-corrected chi connectivity index (χ2v) is 5.04. The van der Waals surface area contributed by atoms with Crippen molar-refractivity contribution in [3.8, 4) is 0 Å². The van der Waals surface area contributed by atoms with E-state index in [1.807, 2.05) is 0 Å². The smallest absolute Gasteiger partial charge is 0.0304 e. The summed E-state index contributed by atoms with van der Waals surface area (Å²) in [6.07, 6.45) is 5.15. The monoisotopic (exact) mass is 212 g/mol. The van der Waals surface area contributed by atoms with E-state index in [2.05, 4.69) is 37.9 Å². The molecule has 1 rings (SSSR count). The number of hydrogen-bond acceptors (Lipinski definition) is 2. The van der Waals surface area contributed by atoms with Gasteiger partial charge in [0.15, 0.2) is 0 Å². The zero-order valence-corrected chi connectivity index (χ0v) is 11.0. The predicted molar refractivity (Wildman–Crippen MR) is 67.3 cm³/mol. The van der Waals surface area contributed by atoms with Crippen molar-refractivity contribution in [1.29, 1.82) is 0 Å². The Morgan fingerprint density at radius 3 is 2.47 bits per heavy atom. The number of piperazine rings is 1. The van der Waals surface area contributed by atoms with Crippen molar-refractivity contribution < 1.29 is 0 Å². The van der Waals surface area contributed by atoms with Crippen LogP contribution in [0.2, 0.25) is 0 Å². The molecule has 1 aliphatic rings. The zero-order valence-electron chi connectivity index (χ0n) is 11.0. The maximum atomic E-state index is 3.75. The number of nitrogens with one attached hydrogen (secondary N) is 1. The van der Waals surface area contributed by atoms with Crippen LogP contribution in [-0.4, -0.2) is 36.1 Å². The summed E-state index contributed by atoms with van der Waals surface area (Å²) in [5, 5.41) is 3.75. The van der Waals surface area contributed by atoms with Gasteiger partial charge in [0, 0.05) is 24.7 Å². The summed E-state index contributed by atoms with van der Waals surface area (Å²) >= 11 is 0. The minimum absolute atomic E-state index is 0.389. The van der Waals surface area contributed by atoms with Crippen molar-refractivity contribution in [2.75, 3.05) is 19.6 Å². The van der Waals surface area contributed by atoms with Crippen LogP contribution in [0.4, 0.5) is 0 Å². The molecule has 0 radical (unpaired) electrons. The Labute approximate surface area is 95.4 Å². The lowest BCUT2D eigenvalue weighted by Crippen LogP contribution is -2.63. The molecule has 1 fully saturated rings. The zero-order chi connectivity index (χ0) is 11.3. The summed E-state index contributed by atoms with van der Waals surface area (Å²) in [7, 11) is 0. The highest BCUT2D eigenvalue weighted by Crippen LogP contribution is 2.22. The van der Waals surface area contributed by atoms with Gasteiger partial charge in [-0.05, 0) is 32.7 Å². The first-order chi connectivity index (χ1) is 7.17. The highest BCUT2D eigenvalue weighted by atomic mass is 15.2. The van der Waals surface area contributed by atoms with E-state index in [4.69, 9.17) is 0 Å². The molecule has 0 spiro atoms. The Balaban J connectivity index is 2.54. The third-order valence-electron chi connectivity index (χ3n) is 4.05. The van der Waals surface area contributed by atoms with E-state index in [1.165, 1.54) is 38.8 Å². The van der Waals surface area contributed by atoms with Crippen LogP contribution >= 0.6 is 0 Å². The topological polar surface area (TPSA) is 15.3 Å². The lowest BCUT2D eigenvalue weighted by atomic mass is 9.88. The lowest BCUT2D eigenvalue weighted by Gasteiger charge is -2.46. The first-order valence-corrected chi connectivity index (χ1v) is 6.66. The molecule has 15 heavy (non-hydrogen) atoms. The Morgan fingerprint density at radius 2 is 1.93 bits per heavy atom. The highest BCUT2D eigenvalue weighted by molar-refractivity contribution is 4.95. The van der Waals surface area contributed by atoms with Crippen molar-refractivity contribution >= 4 is 0 Å². The Hall–Kier alpha value is -0.0800. The number of nitrogens with zero attached hydrogens (tertiary/aromatic N) is 1. The second kappa shape index (κ2) is 5.86. The van der Waals surface area contributed by atoms with Gasteiger partial charge in [0.25, 0.3) is 0 Å². The van der Waals surface area contributed by atoms with Crippen LogP contribution < -0.4 is 5.32 Å². The van der Waals surface area contributed by atoms with Gasteiger partial charge < -0.3 is 5.32 Å². The Morgan fingerprint density at radius 1 is 1.27 bits per heavy atom. The largest absolute Gasteiger partial charge is 0.308 e. The van der Waals surface area contributed by atoms with Crippen LogP contribution in [-0.2, 0) is 0 Å². The van der Waals surface area contributed by atoms with E-state index in [-0.39, 0.29) is 0 Å². The van der Waals surface area contributed by atoms with Crippen molar-refractivity contribution in [2.45, 2.75) is 65.0 Å². The summed E-state index contributed by atoms with van der Waals surface area (Å²) in [6.45, 7) is 12.9. The predicted octanol–water partition coefficient (Wildman–Crippen LogP) is 2.64. The summed E-state index contributed by atoms with van der Waals surface area (Å²) in [4.78, 5) is 2.67. The summed E-state index contributed by atoms with van der Waals surface area (Å²) in [6, 6.07) is 0.711. The molecule has 0 saturated carbocycles. The van der Waals surface area contributed by atoms with E-state index in [1.54, 1.807) is 0 Å². The summed E-state index contributed by atoms with van der Waals surface area (Å²) in [5.74, 6) is 0. The lowest BCUT2D eigenvalue weighted by molar-refractivity contribution is 0.0797. The standard InChI is InChI=1S/C13H28N2/c1-5-8-9-15-11-13(6-2,7-3)14-10-12(15)4/h12,14H,5-11H2,1-4H3. The molecule has 0 amide bonds. The molecule has 1 saturated heterocycles. The van der Waals surface area contributed by atoms with Crippen LogP contribution in [0, 0.1) is 0 Å². The van der Waals surface area contributed by atoms with E-state index in [0.717, 1.165) is 6.54 Å². The van der Waals surface area contributed by atoms with E-state index in [9.17, 15) is 0 Å². The number of hydrogen-bond donors (Lipinski definition) is 1. The maximum absolute atomic E-state index is 3.75. The molecule has 90 valence electrons. The molecular formula is C13H28N2. The molecule has 2 heteroatoms. The quantitative estimate of drug-likeness (QED) is 0.753. The fourth-order valence-corrected chi connectivity index (χ4v) is 2.48. The highest BCUT2D eigenvalue weighted by Gasteiger charge is 2.34. The Bertz CT molecular complexity index is 175. The number of unbranched alkanes of at least 4 members (excludes halogenated alkanes) is 1. The summed E-state index contributed by atoms with van der Waals surface area (Å²) in [5.41, 5.74) is 0.389. The van der Waals surface area contributed by atoms with Crippen LogP contribution in [0.15, 0.2) is 0 Å². The van der Waals surface area contributed by atoms with Gasteiger partial charge in [-0.2, -0.15) is 0 Å². The average molecular weight is 212 g/mol. The normalized spacial score (nSPS) is 26.8. The fraction of sp³-hybridized carbons (Fsp3) is 1.00. The molecular weight excluding hydrogens is 184 g/mol. The molecule has 1 atom stereocenters. The van der Waals surface area contributed by atoms with Crippen molar-refractivity contribution in [3.63, 3.8) is 0 Å². The molecule has 0 bridgehead atoms. The fourth-order valence-electron chi connectivity index (χ4n) is 2.48. The Kier molecular flexibility index (Phi) is 5.07. The second-order valence-electron chi connectivity index (χ2n) is 5.04. The van der Waals surface area contributed by atoms with Gasteiger partial charge in [0.1, 0.15) is 0 Å². The van der Waals surface area contributed by atoms with Gasteiger partial charge in [0.05, 0.1) is 0 Å². The van der Waals surface area contributed by atoms with Crippen molar-refractivity contribution in [2.24, 2.45) is 0 Å². The van der Waals surface area contributed by atoms with Gasteiger partial charge in [-0.15, -0.1) is 0 Å². The van der Waals surface area contributed by atoms with E-state index < -0.39 is 0 Å². The molecule has 1 aliphatic heterocycles. The van der Waals surface area contributed by atoms with Gasteiger partial charge >= 0.3 is 0 Å². The average Bonchev–Trinajstić information content (AvgIpc) is 2.29. The van der Waals surface area contributed by atoms with E-state index >= 15 is 0 Å². The summed E-state index contributed by atoms with van der Waals surface area (Å²) < 4.78 is 0.